The number of aromatic nitrogens is 3. The number of nitrogens with zero attached hydrogens (tertiary/aromatic N) is 4. The number of hydrogen-bond donors (Lipinski definition) is 0. The lowest BCUT2D eigenvalue weighted by atomic mass is 10.8. The minimum atomic E-state index is -0.542. The first-order valence-corrected chi connectivity index (χ1v) is 2.21. The van der Waals surface area contributed by atoms with Gasteiger partial charge in [-0.1, -0.05) is 0 Å². The Hall–Kier alpha value is -1.46. The molecule has 1 heterocycles. The smallest absolute Gasteiger partial charge is 0.358 e. The average Bonchev–Trinajstić information content (AvgIpc) is 2.13. The molecule has 0 bridgehead atoms. The molecule has 0 N–H and O–H groups in total. The molecule has 6 heteroatoms. The van der Waals surface area contributed by atoms with Crippen molar-refractivity contribution in [3.63, 3.8) is 0 Å². The Labute approximate surface area is 50.2 Å². The maximum absolute atomic E-state index is 9.99. The van der Waals surface area contributed by atoms with Crippen molar-refractivity contribution < 1.29 is 4.92 Å². The van der Waals surface area contributed by atoms with Crippen LogP contribution in [0.5, 0.6) is 0 Å². The minimum Gasteiger partial charge on any atom is -0.358 e. The number of rotatable bonds is 1. The van der Waals surface area contributed by atoms with E-state index in [1.165, 1.54) is 7.05 Å². The zero-order chi connectivity index (χ0) is 6.85. The van der Waals surface area contributed by atoms with E-state index in [0.29, 0.717) is 0 Å². The molecule has 0 aliphatic carbocycles. The van der Waals surface area contributed by atoms with Gasteiger partial charge < -0.3 is 10.1 Å². The van der Waals surface area contributed by atoms with Crippen LogP contribution in [0, 0.1) is 10.1 Å². The molecule has 9 heavy (non-hydrogen) atoms. The van der Waals surface area contributed by atoms with Gasteiger partial charge in [-0.25, -0.2) is 0 Å². The van der Waals surface area contributed by atoms with Crippen LogP contribution >= 0.6 is 0 Å². The van der Waals surface area contributed by atoms with Crippen molar-refractivity contribution in [2.45, 2.75) is 0 Å². The molecular formula is C3H4N4O2. The first-order valence-electron chi connectivity index (χ1n) is 2.21. The lowest BCUT2D eigenvalue weighted by molar-refractivity contribution is -0.392. The average molecular weight is 128 g/mol. The highest BCUT2D eigenvalue weighted by Crippen LogP contribution is 2.02. The molecule has 0 aliphatic heterocycles. The molecule has 48 valence electrons. The molecule has 0 aliphatic rings. The maximum Gasteiger partial charge on any atom is 0.364 e. The molecule has 0 spiro atoms. The van der Waals surface area contributed by atoms with Gasteiger partial charge >= 0.3 is 5.82 Å². The van der Waals surface area contributed by atoms with Crippen molar-refractivity contribution in [3.05, 3.63) is 16.3 Å². The molecule has 0 aromatic carbocycles. The third kappa shape index (κ3) is 0.857. The molecule has 1 rings (SSSR count). The van der Waals surface area contributed by atoms with E-state index in [9.17, 15) is 10.1 Å². The maximum atomic E-state index is 9.99. The molecule has 0 unspecified atom stereocenters. The molecule has 0 radical (unpaired) electrons. The van der Waals surface area contributed by atoms with E-state index in [-0.39, 0.29) is 5.82 Å². The van der Waals surface area contributed by atoms with Crippen LogP contribution in [0.3, 0.4) is 0 Å². The quantitative estimate of drug-likeness (QED) is 0.385. The van der Waals surface area contributed by atoms with Gasteiger partial charge in [-0.2, -0.15) is 0 Å². The summed E-state index contributed by atoms with van der Waals surface area (Å²) in [7, 11) is 1.46. The fraction of sp³-hybridized carbons (Fsp3) is 0.333. The van der Waals surface area contributed by atoms with Crippen LogP contribution in [0.25, 0.3) is 0 Å². The van der Waals surface area contributed by atoms with Crippen LogP contribution in [0.2, 0.25) is 0 Å². The summed E-state index contributed by atoms with van der Waals surface area (Å²) in [4.78, 5) is 9.45. The summed E-state index contributed by atoms with van der Waals surface area (Å²) in [6.45, 7) is 0. The van der Waals surface area contributed by atoms with Crippen molar-refractivity contribution in [3.8, 4) is 0 Å². The zero-order valence-corrected chi connectivity index (χ0v) is 4.68. The van der Waals surface area contributed by atoms with E-state index in [4.69, 9.17) is 0 Å². The Balaban J connectivity index is 3.08. The van der Waals surface area contributed by atoms with Crippen molar-refractivity contribution in [2.24, 2.45) is 7.05 Å². The highest BCUT2D eigenvalue weighted by Gasteiger charge is 2.08. The Bertz CT molecular complexity index is 229. The van der Waals surface area contributed by atoms with Gasteiger partial charge in [0.1, 0.15) is 13.2 Å². The van der Waals surface area contributed by atoms with Crippen LogP contribution in [0.15, 0.2) is 6.20 Å². The Morgan fingerprint density at radius 3 is 2.78 bits per heavy atom. The van der Waals surface area contributed by atoms with Gasteiger partial charge in [0, 0.05) is 5.21 Å². The molecule has 0 fully saturated rings. The topological polar surface area (TPSA) is 73.8 Å². The Morgan fingerprint density at radius 2 is 2.56 bits per heavy atom. The highest BCUT2D eigenvalue weighted by molar-refractivity contribution is 5.09. The van der Waals surface area contributed by atoms with Crippen molar-refractivity contribution >= 4 is 5.82 Å². The van der Waals surface area contributed by atoms with Gasteiger partial charge in [0.05, 0.1) is 0 Å². The van der Waals surface area contributed by atoms with E-state index in [0.717, 1.165) is 10.9 Å². The molecule has 6 nitrogen and oxygen atoms in total. The summed E-state index contributed by atoms with van der Waals surface area (Å²) in [6.07, 6.45) is 1.10. The monoisotopic (exact) mass is 128 g/mol. The Morgan fingerprint density at radius 1 is 1.89 bits per heavy atom. The fourth-order valence-electron chi connectivity index (χ4n) is 0.450. The van der Waals surface area contributed by atoms with Gasteiger partial charge in [0.25, 0.3) is 0 Å². The standard InChI is InChI=1S/C3H4N4O2/c1-6-3(7(8)9)2-4-5-6/h2H,1H3. The number of hydrogen-bond acceptors (Lipinski definition) is 4. The van der Waals surface area contributed by atoms with Crippen molar-refractivity contribution in [1.82, 2.24) is 15.0 Å². The summed E-state index contributed by atoms with van der Waals surface area (Å²) in [5.74, 6) is -0.102. The van der Waals surface area contributed by atoms with Gasteiger partial charge in [-0.3, -0.25) is 0 Å². The highest BCUT2D eigenvalue weighted by atomic mass is 16.6. The minimum absolute atomic E-state index is 0.102. The van der Waals surface area contributed by atoms with Crippen LogP contribution in [0.4, 0.5) is 5.82 Å². The third-order valence-electron chi connectivity index (χ3n) is 0.878. The van der Waals surface area contributed by atoms with Crippen molar-refractivity contribution in [2.75, 3.05) is 0 Å². The summed E-state index contributed by atoms with van der Waals surface area (Å²) in [5, 5.41) is 16.7. The summed E-state index contributed by atoms with van der Waals surface area (Å²) in [6, 6.07) is 0. The van der Waals surface area contributed by atoms with E-state index < -0.39 is 4.92 Å². The summed E-state index contributed by atoms with van der Waals surface area (Å²) >= 11 is 0. The first kappa shape index (κ1) is 5.67. The zero-order valence-electron chi connectivity index (χ0n) is 4.68. The van der Waals surface area contributed by atoms with Crippen molar-refractivity contribution in [1.29, 1.82) is 0 Å². The lowest BCUT2D eigenvalue weighted by Crippen LogP contribution is -1.97. The SMILES string of the molecule is Cn1nncc1[N+](=O)[O-]. The van der Waals surface area contributed by atoms with Crippen LogP contribution < -0.4 is 0 Å². The van der Waals surface area contributed by atoms with E-state index in [2.05, 4.69) is 10.3 Å². The van der Waals surface area contributed by atoms with Gasteiger partial charge in [-0.15, -0.1) is 9.78 Å². The molecule has 1 aromatic heterocycles. The molecule has 0 saturated carbocycles. The Kier molecular flexibility index (Phi) is 1.14. The summed E-state index contributed by atoms with van der Waals surface area (Å²) < 4.78 is 1.10. The van der Waals surface area contributed by atoms with Crippen LogP contribution in [-0.2, 0) is 7.05 Å². The second kappa shape index (κ2) is 1.81. The van der Waals surface area contributed by atoms with Gasteiger partial charge in [0.2, 0.25) is 0 Å². The predicted molar refractivity (Wildman–Crippen MR) is 27.7 cm³/mol. The van der Waals surface area contributed by atoms with Gasteiger partial charge in [0.15, 0.2) is 0 Å². The number of aryl methyl sites for hydroxylation is 1. The van der Waals surface area contributed by atoms with E-state index in [1.807, 2.05) is 0 Å². The lowest BCUT2D eigenvalue weighted by Gasteiger charge is -1.87. The van der Waals surface area contributed by atoms with Gasteiger partial charge in [-0.05, 0) is 4.92 Å². The predicted octanol–water partition coefficient (Wildman–Crippen LogP) is -0.277. The van der Waals surface area contributed by atoms with E-state index >= 15 is 0 Å². The van der Waals surface area contributed by atoms with E-state index in [1.54, 1.807) is 0 Å². The molecule has 0 amide bonds. The second-order valence-corrected chi connectivity index (χ2v) is 1.47. The van der Waals surface area contributed by atoms with Crippen LogP contribution in [-0.4, -0.2) is 19.9 Å². The molecular weight excluding hydrogens is 124 g/mol. The van der Waals surface area contributed by atoms with Crippen LogP contribution in [0.1, 0.15) is 0 Å². The largest absolute Gasteiger partial charge is 0.364 e. The first-order chi connectivity index (χ1) is 4.22. The number of nitro groups is 1. The fourth-order valence-corrected chi connectivity index (χ4v) is 0.450. The third-order valence-corrected chi connectivity index (χ3v) is 0.878. The normalized spacial score (nSPS) is 9.44. The second-order valence-electron chi connectivity index (χ2n) is 1.47. The molecule has 0 atom stereocenters. The molecule has 0 saturated heterocycles. The summed E-state index contributed by atoms with van der Waals surface area (Å²) in [5.41, 5.74) is 0. The molecule has 1 aromatic rings.